The van der Waals surface area contributed by atoms with Crippen LogP contribution in [0.25, 0.3) is 10.9 Å². The molecular formula is C15H21N3. The van der Waals surface area contributed by atoms with Crippen molar-refractivity contribution in [3.8, 4) is 0 Å². The van der Waals surface area contributed by atoms with Gasteiger partial charge in [0.25, 0.3) is 0 Å². The van der Waals surface area contributed by atoms with E-state index in [-0.39, 0.29) is 0 Å². The molecule has 1 unspecified atom stereocenters. The highest BCUT2D eigenvalue weighted by Gasteiger charge is 2.19. The van der Waals surface area contributed by atoms with Gasteiger partial charge in [0.2, 0.25) is 0 Å². The van der Waals surface area contributed by atoms with Crippen molar-refractivity contribution in [2.45, 2.75) is 12.5 Å². The molecule has 0 radical (unpaired) electrons. The Kier molecular flexibility index (Phi) is 3.10. The van der Waals surface area contributed by atoms with Crippen molar-refractivity contribution in [2.24, 2.45) is 7.05 Å². The Balaban J connectivity index is 1.98. The third-order valence-corrected chi connectivity index (χ3v) is 3.99. The monoisotopic (exact) mass is 243 g/mol. The normalized spacial score (nSPS) is 22.2. The molecule has 2 aromatic rings. The second-order valence-corrected chi connectivity index (χ2v) is 5.31. The number of para-hydroxylation sites is 1. The number of hydrogen-bond acceptors (Lipinski definition) is 2. The fourth-order valence-electron chi connectivity index (χ4n) is 2.91. The predicted octanol–water partition coefficient (Wildman–Crippen LogP) is 2.14. The van der Waals surface area contributed by atoms with Crippen LogP contribution in [0.2, 0.25) is 0 Å². The van der Waals surface area contributed by atoms with Crippen LogP contribution in [-0.2, 0) is 7.05 Å². The van der Waals surface area contributed by atoms with Crippen LogP contribution < -0.4 is 5.32 Å². The molecule has 2 heterocycles. The maximum absolute atomic E-state index is 3.68. The molecule has 0 aliphatic carbocycles. The van der Waals surface area contributed by atoms with E-state index in [1.807, 2.05) is 0 Å². The number of fused-ring (bicyclic) bond motifs is 1. The van der Waals surface area contributed by atoms with Crippen LogP contribution in [0.15, 0.2) is 30.5 Å². The van der Waals surface area contributed by atoms with Crippen LogP contribution in [-0.4, -0.2) is 36.1 Å². The minimum atomic E-state index is 0.487. The second-order valence-electron chi connectivity index (χ2n) is 5.31. The highest BCUT2D eigenvalue weighted by atomic mass is 15.1. The van der Waals surface area contributed by atoms with E-state index in [0.717, 1.165) is 13.1 Å². The van der Waals surface area contributed by atoms with Crippen molar-refractivity contribution >= 4 is 10.9 Å². The zero-order valence-electron chi connectivity index (χ0n) is 11.2. The van der Waals surface area contributed by atoms with Gasteiger partial charge in [-0.1, -0.05) is 18.2 Å². The van der Waals surface area contributed by atoms with Crippen LogP contribution >= 0.6 is 0 Å². The smallest absolute Gasteiger partial charge is 0.0481 e. The molecule has 1 fully saturated rings. The Labute approximate surface area is 108 Å². The molecule has 3 rings (SSSR count). The molecule has 1 aliphatic heterocycles. The Morgan fingerprint density at radius 3 is 2.89 bits per heavy atom. The van der Waals surface area contributed by atoms with E-state index < -0.39 is 0 Å². The molecule has 0 bridgehead atoms. The molecule has 1 aromatic carbocycles. The fourth-order valence-corrected chi connectivity index (χ4v) is 2.91. The van der Waals surface area contributed by atoms with Gasteiger partial charge in [-0.3, -0.25) is 0 Å². The van der Waals surface area contributed by atoms with Crippen LogP contribution in [0.1, 0.15) is 18.0 Å². The zero-order valence-corrected chi connectivity index (χ0v) is 11.2. The molecule has 1 aliphatic rings. The van der Waals surface area contributed by atoms with Gasteiger partial charge in [-0.2, -0.15) is 0 Å². The van der Waals surface area contributed by atoms with Crippen molar-refractivity contribution in [3.05, 3.63) is 36.0 Å². The largest absolute Gasteiger partial charge is 0.350 e. The van der Waals surface area contributed by atoms with Gasteiger partial charge in [-0.25, -0.2) is 0 Å². The molecule has 1 aromatic heterocycles. The highest BCUT2D eigenvalue weighted by molar-refractivity contribution is 5.84. The summed E-state index contributed by atoms with van der Waals surface area (Å²) in [6.45, 7) is 3.38. The lowest BCUT2D eigenvalue weighted by molar-refractivity contribution is 0.355. The van der Waals surface area contributed by atoms with Gasteiger partial charge in [0.15, 0.2) is 0 Å². The Bertz CT molecular complexity index is 544. The summed E-state index contributed by atoms with van der Waals surface area (Å²) in [5.74, 6) is 0. The first-order valence-electron chi connectivity index (χ1n) is 6.71. The summed E-state index contributed by atoms with van der Waals surface area (Å²) in [7, 11) is 4.34. The number of aromatic nitrogens is 1. The summed E-state index contributed by atoms with van der Waals surface area (Å²) >= 11 is 0. The number of rotatable bonds is 1. The van der Waals surface area contributed by atoms with Crippen molar-refractivity contribution in [1.82, 2.24) is 14.8 Å². The Hall–Kier alpha value is -1.32. The summed E-state index contributed by atoms with van der Waals surface area (Å²) in [6.07, 6.45) is 3.47. The van der Waals surface area contributed by atoms with Crippen molar-refractivity contribution in [2.75, 3.05) is 26.7 Å². The highest BCUT2D eigenvalue weighted by Crippen LogP contribution is 2.28. The Morgan fingerprint density at radius 2 is 2.00 bits per heavy atom. The van der Waals surface area contributed by atoms with E-state index >= 15 is 0 Å². The number of nitrogens with zero attached hydrogens (tertiary/aromatic N) is 2. The number of nitrogens with one attached hydrogen (secondary N) is 1. The average molecular weight is 243 g/mol. The average Bonchev–Trinajstić information content (AvgIpc) is 2.57. The first-order chi connectivity index (χ1) is 8.75. The number of hydrogen-bond donors (Lipinski definition) is 1. The maximum atomic E-state index is 3.68. The number of likely N-dealkylation sites (N-methyl/N-ethyl adjacent to an activating group) is 1. The summed E-state index contributed by atoms with van der Waals surface area (Å²) in [6, 6.07) is 9.17. The molecule has 0 saturated carbocycles. The molecule has 18 heavy (non-hydrogen) atoms. The van der Waals surface area contributed by atoms with Gasteiger partial charge in [0, 0.05) is 43.3 Å². The first-order valence-corrected chi connectivity index (χ1v) is 6.71. The lowest BCUT2D eigenvalue weighted by atomic mass is 10.0. The molecule has 96 valence electrons. The van der Waals surface area contributed by atoms with Gasteiger partial charge in [0.05, 0.1) is 0 Å². The molecule has 1 atom stereocenters. The van der Waals surface area contributed by atoms with Gasteiger partial charge in [-0.05, 0) is 31.6 Å². The van der Waals surface area contributed by atoms with Crippen LogP contribution in [0.4, 0.5) is 0 Å². The summed E-state index contributed by atoms with van der Waals surface area (Å²) < 4.78 is 2.24. The maximum Gasteiger partial charge on any atom is 0.0481 e. The molecule has 0 spiro atoms. The summed E-state index contributed by atoms with van der Waals surface area (Å²) in [5, 5.41) is 5.07. The first kappa shape index (κ1) is 11.8. The van der Waals surface area contributed by atoms with Crippen LogP contribution in [0, 0.1) is 0 Å². The molecule has 0 amide bonds. The summed E-state index contributed by atoms with van der Waals surface area (Å²) in [5.41, 5.74) is 2.77. The SMILES string of the molecule is CN1CCNC(c2cn(C)c3ccccc23)CC1. The van der Waals surface area contributed by atoms with Crippen molar-refractivity contribution in [1.29, 1.82) is 0 Å². The fraction of sp³-hybridized carbons (Fsp3) is 0.467. The lowest BCUT2D eigenvalue weighted by Gasteiger charge is -2.15. The van der Waals surface area contributed by atoms with Crippen molar-refractivity contribution in [3.63, 3.8) is 0 Å². The van der Waals surface area contributed by atoms with E-state index in [2.05, 4.69) is 59.3 Å². The molecular weight excluding hydrogens is 222 g/mol. The van der Waals surface area contributed by atoms with E-state index in [1.165, 1.54) is 29.4 Å². The minimum absolute atomic E-state index is 0.487. The quantitative estimate of drug-likeness (QED) is 0.828. The molecule has 1 saturated heterocycles. The number of benzene rings is 1. The molecule has 1 N–H and O–H groups in total. The van der Waals surface area contributed by atoms with Gasteiger partial charge in [-0.15, -0.1) is 0 Å². The van der Waals surface area contributed by atoms with E-state index in [1.54, 1.807) is 0 Å². The molecule has 3 heteroatoms. The second kappa shape index (κ2) is 4.75. The zero-order chi connectivity index (χ0) is 12.5. The number of aryl methyl sites for hydroxylation is 1. The van der Waals surface area contributed by atoms with E-state index in [9.17, 15) is 0 Å². The predicted molar refractivity (Wildman–Crippen MR) is 75.8 cm³/mol. The van der Waals surface area contributed by atoms with Crippen LogP contribution in [0.5, 0.6) is 0 Å². The standard InChI is InChI=1S/C15H21N3/c1-17-9-7-14(16-8-10-17)13-11-18(2)15-6-4-3-5-12(13)15/h3-6,11,14,16H,7-10H2,1-2H3. The lowest BCUT2D eigenvalue weighted by Crippen LogP contribution is -2.24. The minimum Gasteiger partial charge on any atom is -0.350 e. The molecule has 3 nitrogen and oxygen atoms in total. The van der Waals surface area contributed by atoms with E-state index in [0.29, 0.717) is 6.04 Å². The third-order valence-electron chi connectivity index (χ3n) is 3.99. The Morgan fingerprint density at radius 1 is 1.17 bits per heavy atom. The van der Waals surface area contributed by atoms with Gasteiger partial charge < -0.3 is 14.8 Å². The van der Waals surface area contributed by atoms with E-state index in [4.69, 9.17) is 0 Å². The van der Waals surface area contributed by atoms with Gasteiger partial charge >= 0.3 is 0 Å². The van der Waals surface area contributed by atoms with Crippen molar-refractivity contribution < 1.29 is 0 Å². The van der Waals surface area contributed by atoms with Gasteiger partial charge in [0.1, 0.15) is 0 Å². The topological polar surface area (TPSA) is 20.2 Å². The van der Waals surface area contributed by atoms with Crippen LogP contribution in [0.3, 0.4) is 0 Å². The summed E-state index contributed by atoms with van der Waals surface area (Å²) in [4.78, 5) is 2.40. The third kappa shape index (κ3) is 2.04.